The number of anilines is 1. The number of aryl methyl sites for hydroxylation is 1. The molecule has 1 spiro atoms. The maximum Gasteiger partial charge on any atom is 0.409 e. The fourth-order valence-corrected chi connectivity index (χ4v) is 5.01. The summed E-state index contributed by atoms with van der Waals surface area (Å²) in [5.41, 5.74) is 2.54. The van der Waals surface area contributed by atoms with Crippen molar-refractivity contribution in [3.63, 3.8) is 0 Å². The Labute approximate surface area is 166 Å². The SMILES string of the molecule is COC(=O)N1CCC2(C1)CN(C(=O)Cc1nc(C)cs1)c1ccc(Cl)cc12. The number of thiazole rings is 1. The summed E-state index contributed by atoms with van der Waals surface area (Å²) < 4.78 is 4.88. The Balaban J connectivity index is 1.64. The van der Waals surface area contributed by atoms with Gasteiger partial charge in [0.25, 0.3) is 0 Å². The Morgan fingerprint density at radius 3 is 2.89 bits per heavy atom. The van der Waals surface area contributed by atoms with Gasteiger partial charge < -0.3 is 14.5 Å². The molecule has 0 N–H and O–H groups in total. The van der Waals surface area contributed by atoms with Gasteiger partial charge in [-0.2, -0.15) is 0 Å². The number of nitrogens with zero attached hydrogens (tertiary/aromatic N) is 3. The van der Waals surface area contributed by atoms with Crippen LogP contribution in [-0.2, 0) is 21.4 Å². The maximum atomic E-state index is 13.0. The number of halogens is 1. The summed E-state index contributed by atoms with van der Waals surface area (Å²) in [6.45, 7) is 3.59. The molecule has 4 rings (SSSR count). The molecule has 8 heteroatoms. The number of likely N-dealkylation sites (tertiary alicyclic amines) is 1. The van der Waals surface area contributed by atoms with E-state index < -0.39 is 0 Å². The predicted molar refractivity (Wildman–Crippen MR) is 105 cm³/mol. The molecule has 1 saturated heterocycles. The van der Waals surface area contributed by atoms with Crippen LogP contribution in [0.25, 0.3) is 0 Å². The molecule has 142 valence electrons. The number of ether oxygens (including phenoxy) is 1. The number of aromatic nitrogens is 1. The summed E-state index contributed by atoms with van der Waals surface area (Å²) in [7, 11) is 1.39. The molecule has 27 heavy (non-hydrogen) atoms. The number of carbonyl (C=O) groups is 2. The lowest BCUT2D eigenvalue weighted by Gasteiger charge is -2.25. The number of carbonyl (C=O) groups excluding carboxylic acids is 2. The molecule has 2 aliphatic heterocycles. The van der Waals surface area contributed by atoms with Gasteiger partial charge in [0.2, 0.25) is 5.91 Å². The third-order valence-corrected chi connectivity index (χ3v) is 6.54. The van der Waals surface area contributed by atoms with Gasteiger partial charge in [-0.25, -0.2) is 9.78 Å². The fraction of sp³-hybridized carbons (Fsp3) is 0.421. The van der Waals surface area contributed by atoms with E-state index in [0.29, 0.717) is 24.7 Å². The molecule has 2 aliphatic rings. The van der Waals surface area contributed by atoms with Crippen molar-refractivity contribution in [1.82, 2.24) is 9.88 Å². The lowest BCUT2D eigenvalue weighted by molar-refractivity contribution is -0.118. The van der Waals surface area contributed by atoms with Gasteiger partial charge in [0.15, 0.2) is 0 Å². The van der Waals surface area contributed by atoms with E-state index in [1.807, 2.05) is 29.3 Å². The van der Waals surface area contributed by atoms with Crippen molar-refractivity contribution in [3.8, 4) is 0 Å². The average molecular weight is 406 g/mol. The molecule has 0 radical (unpaired) electrons. The first-order valence-corrected chi connectivity index (χ1v) is 10.0. The van der Waals surface area contributed by atoms with Crippen LogP contribution in [0.3, 0.4) is 0 Å². The van der Waals surface area contributed by atoms with Crippen LogP contribution < -0.4 is 4.90 Å². The monoisotopic (exact) mass is 405 g/mol. The zero-order chi connectivity index (χ0) is 19.2. The van der Waals surface area contributed by atoms with Crippen LogP contribution in [0.1, 0.15) is 22.7 Å². The quantitative estimate of drug-likeness (QED) is 0.768. The van der Waals surface area contributed by atoms with E-state index in [0.717, 1.165) is 28.4 Å². The summed E-state index contributed by atoms with van der Waals surface area (Å²) in [5.74, 6) is 0.0151. The van der Waals surface area contributed by atoms with Crippen LogP contribution in [0.5, 0.6) is 0 Å². The van der Waals surface area contributed by atoms with E-state index in [9.17, 15) is 9.59 Å². The number of benzene rings is 1. The first kappa shape index (κ1) is 18.3. The second kappa shape index (κ2) is 6.80. The molecule has 1 atom stereocenters. The molecule has 2 aromatic rings. The van der Waals surface area contributed by atoms with Crippen molar-refractivity contribution in [1.29, 1.82) is 0 Å². The molecular weight excluding hydrogens is 386 g/mol. The molecule has 0 bridgehead atoms. The second-order valence-electron chi connectivity index (χ2n) is 7.12. The minimum atomic E-state index is -0.335. The summed E-state index contributed by atoms with van der Waals surface area (Å²) in [6, 6.07) is 5.64. The van der Waals surface area contributed by atoms with E-state index in [2.05, 4.69) is 4.98 Å². The highest BCUT2D eigenvalue weighted by Gasteiger charge is 2.50. The standard InChI is InChI=1S/C19H20ClN3O3S/c1-12-9-27-16(21-12)8-17(24)23-11-19(5-6-22(10-19)18(25)26-2)14-7-13(20)3-4-15(14)23/h3-4,7,9H,5-6,8,10-11H2,1-2H3. The zero-order valence-electron chi connectivity index (χ0n) is 15.2. The van der Waals surface area contributed by atoms with Gasteiger partial charge in [-0.3, -0.25) is 4.79 Å². The number of hydrogen-bond acceptors (Lipinski definition) is 5. The largest absolute Gasteiger partial charge is 0.453 e. The number of hydrogen-bond donors (Lipinski definition) is 0. The molecule has 3 heterocycles. The van der Waals surface area contributed by atoms with Crippen molar-refractivity contribution in [2.45, 2.75) is 25.2 Å². The first-order valence-electron chi connectivity index (χ1n) is 8.76. The van der Waals surface area contributed by atoms with Gasteiger partial charge >= 0.3 is 6.09 Å². The molecule has 0 saturated carbocycles. The number of amides is 2. The highest BCUT2D eigenvalue weighted by atomic mass is 35.5. The van der Waals surface area contributed by atoms with Gasteiger partial charge in [-0.1, -0.05) is 11.6 Å². The van der Waals surface area contributed by atoms with E-state index in [4.69, 9.17) is 16.3 Å². The van der Waals surface area contributed by atoms with E-state index in [1.165, 1.54) is 18.4 Å². The van der Waals surface area contributed by atoms with Crippen LogP contribution in [0.4, 0.5) is 10.5 Å². The molecule has 6 nitrogen and oxygen atoms in total. The third kappa shape index (κ3) is 3.19. The highest BCUT2D eigenvalue weighted by molar-refractivity contribution is 7.09. The van der Waals surface area contributed by atoms with Crippen LogP contribution in [0.2, 0.25) is 5.02 Å². The molecular formula is C19H20ClN3O3S. The van der Waals surface area contributed by atoms with Crippen molar-refractivity contribution in [2.24, 2.45) is 0 Å². The van der Waals surface area contributed by atoms with E-state index >= 15 is 0 Å². The Kier molecular flexibility index (Phi) is 4.60. The average Bonchev–Trinajstić information content (AvgIpc) is 3.34. The summed E-state index contributed by atoms with van der Waals surface area (Å²) in [6.07, 6.45) is 0.714. The predicted octanol–water partition coefficient (Wildman–Crippen LogP) is 3.40. The minimum absolute atomic E-state index is 0.0151. The van der Waals surface area contributed by atoms with Gasteiger partial charge in [0.1, 0.15) is 5.01 Å². The van der Waals surface area contributed by atoms with Gasteiger partial charge in [-0.15, -0.1) is 11.3 Å². The van der Waals surface area contributed by atoms with Gasteiger partial charge in [-0.05, 0) is 37.1 Å². The van der Waals surface area contributed by atoms with Crippen LogP contribution in [0, 0.1) is 6.92 Å². The minimum Gasteiger partial charge on any atom is -0.453 e. The summed E-state index contributed by atoms with van der Waals surface area (Å²) in [5, 5.41) is 3.40. The highest BCUT2D eigenvalue weighted by Crippen LogP contribution is 2.47. The molecule has 1 aromatic heterocycles. The summed E-state index contributed by atoms with van der Waals surface area (Å²) >= 11 is 7.76. The number of fused-ring (bicyclic) bond motifs is 2. The normalized spacial score (nSPS) is 21.0. The van der Waals surface area contributed by atoms with E-state index in [1.54, 1.807) is 11.0 Å². The van der Waals surface area contributed by atoms with Gasteiger partial charge in [0.05, 0.1) is 13.5 Å². The lowest BCUT2D eigenvalue weighted by atomic mass is 9.81. The van der Waals surface area contributed by atoms with Crippen molar-refractivity contribution >= 4 is 40.6 Å². The van der Waals surface area contributed by atoms with Crippen molar-refractivity contribution in [2.75, 3.05) is 31.6 Å². The van der Waals surface area contributed by atoms with E-state index in [-0.39, 0.29) is 23.8 Å². The Bertz CT molecular complexity index is 915. The zero-order valence-corrected chi connectivity index (χ0v) is 16.8. The lowest BCUT2D eigenvalue weighted by Crippen LogP contribution is -2.40. The Hall–Kier alpha value is -2.12. The molecule has 1 fully saturated rings. The van der Waals surface area contributed by atoms with Crippen molar-refractivity contribution in [3.05, 3.63) is 44.9 Å². The van der Waals surface area contributed by atoms with Crippen LogP contribution in [-0.4, -0.2) is 48.6 Å². The van der Waals surface area contributed by atoms with Crippen LogP contribution >= 0.6 is 22.9 Å². The maximum absolute atomic E-state index is 13.0. The molecule has 2 amide bonds. The number of rotatable bonds is 2. The first-order chi connectivity index (χ1) is 12.9. The second-order valence-corrected chi connectivity index (χ2v) is 8.50. The molecule has 0 aliphatic carbocycles. The molecule has 1 unspecified atom stereocenters. The topological polar surface area (TPSA) is 62.7 Å². The van der Waals surface area contributed by atoms with Crippen LogP contribution in [0.15, 0.2) is 23.6 Å². The van der Waals surface area contributed by atoms with Gasteiger partial charge in [0, 0.05) is 46.8 Å². The smallest absolute Gasteiger partial charge is 0.409 e. The summed E-state index contributed by atoms with van der Waals surface area (Å²) in [4.78, 5) is 32.9. The Morgan fingerprint density at radius 2 is 2.19 bits per heavy atom. The molecule has 1 aromatic carbocycles. The fourth-order valence-electron chi connectivity index (χ4n) is 4.08. The van der Waals surface area contributed by atoms with Crippen molar-refractivity contribution < 1.29 is 14.3 Å². The third-order valence-electron chi connectivity index (χ3n) is 5.34. The Morgan fingerprint density at radius 1 is 1.37 bits per heavy atom. The number of methoxy groups -OCH3 is 1.